The summed E-state index contributed by atoms with van der Waals surface area (Å²) in [5.41, 5.74) is 0.807. The number of hydrogen-bond donors (Lipinski definition) is 2. The van der Waals surface area contributed by atoms with Crippen LogP contribution in [0.5, 0.6) is 0 Å². The van der Waals surface area contributed by atoms with Crippen LogP contribution < -0.4 is 5.46 Å². The third-order valence-corrected chi connectivity index (χ3v) is 3.51. The predicted molar refractivity (Wildman–Crippen MR) is 71.8 cm³/mol. The minimum atomic E-state index is -1.60. The highest BCUT2D eigenvalue weighted by molar-refractivity contribution is 7.98. The number of rotatable bonds is 6. The van der Waals surface area contributed by atoms with Crippen LogP contribution in [0.15, 0.2) is 18.2 Å². The van der Waals surface area contributed by atoms with Crippen molar-refractivity contribution in [2.75, 3.05) is 5.75 Å². The molecule has 0 unspecified atom stereocenters. The molecule has 0 saturated heterocycles. The Morgan fingerprint density at radius 2 is 2.06 bits per heavy atom. The standard InChI is InChI=1S/C12H18BFO2S/c1-9(2)5-6-17-8-10-3-4-11(13(15)16)7-12(10)14/h3-4,7,9,15-16H,5-6,8H2,1-2H3. The van der Waals surface area contributed by atoms with Crippen LogP contribution in [-0.4, -0.2) is 22.9 Å². The van der Waals surface area contributed by atoms with E-state index in [2.05, 4.69) is 13.8 Å². The van der Waals surface area contributed by atoms with Crippen LogP contribution >= 0.6 is 11.8 Å². The monoisotopic (exact) mass is 256 g/mol. The molecule has 0 spiro atoms. The van der Waals surface area contributed by atoms with Gasteiger partial charge >= 0.3 is 7.12 Å². The van der Waals surface area contributed by atoms with E-state index in [1.807, 2.05) is 0 Å². The summed E-state index contributed by atoms with van der Waals surface area (Å²) in [6.07, 6.45) is 1.12. The fourth-order valence-corrected chi connectivity index (χ4v) is 2.58. The largest absolute Gasteiger partial charge is 0.488 e. The summed E-state index contributed by atoms with van der Waals surface area (Å²) >= 11 is 1.70. The highest BCUT2D eigenvalue weighted by Gasteiger charge is 2.13. The Bertz CT molecular complexity index is 358. The van der Waals surface area contributed by atoms with Gasteiger partial charge in [0, 0.05) is 5.75 Å². The van der Waals surface area contributed by atoms with Crippen molar-refractivity contribution in [1.29, 1.82) is 0 Å². The van der Waals surface area contributed by atoms with Crippen molar-refractivity contribution in [3.05, 3.63) is 29.6 Å². The van der Waals surface area contributed by atoms with Gasteiger partial charge in [0.15, 0.2) is 0 Å². The van der Waals surface area contributed by atoms with Gasteiger partial charge in [-0.25, -0.2) is 4.39 Å². The zero-order chi connectivity index (χ0) is 12.8. The second kappa shape index (κ2) is 7.04. The fourth-order valence-electron chi connectivity index (χ4n) is 1.34. The van der Waals surface area contributed by atoms with Crippen LogP contribution in [0.3, 0.4) is 0 Å². The SMILES string of the molecule is CC(C)CCSCc1ccc(B(O)O)cc1F. The lowest BCUT2D eigenvalue weighted by molar-refractivity contribution is 0.425. The molecular weight excluding hydrogens is 238 g/mol. The molecule has 0 atom stereocenters. The van der Waals surface area contributed by atoms with Gasteiger partial charge in [0.25, 0.3) is 0 Å². The van der Waals surface area contributed by atoms with Crippen molar-refractivity contribution < 1.29 is 14.4 Å². The van der Waals surface area contributed by atoms with Gasteiger partial charge < -0.3 is 10.0 Å². The second-order valence-corrected chi connectivity index (χ2v) is 5.56. The quantitative estimate of drug-likeness (QED) is 0.602. The van der Waals surface area contributed by atoms with E-state index in [0.717, 1.165) is 12.2 Å². The summed E-state index contributed by atoms with van der Waals surface area (Å²) in [6.45, 7) is 4.33. The van der Waals surface area contributed by atoms with E-state index in [4.69, 9.17) is 10.0 Å². The van der Waals surface area contributed by atoms with Gasteiger partial charge in [-0.2, -0.15) is 11.8 Å². The molecule has 0 amide bonds. The first-order chi connectivity index (χ1) is 8.00. The molecule has 0 radical (unpaired) electrons. The van der Waals surface area contributed by atoms with Gasteiger partial charge in [-0.3, -0.25) is 0 Å². The maximum Gasteiger partial charge on any atom is 0.488 e. The predicted octanol–water partition coefficient (Wildman–Crippen LogP) is 1.78. The minimum Gasteiger partial charge on any atom is -0.423 e. The van der Waals surface area contributed by atoms with Gasteiger partial charge in [0.05, 0.1) is 0 Å². The molecule has 0 aliphatic heterocycles. The lowest BCUT2D eigenvalue weighted by atomic mass is 9.80. The Balaban J connectivity index is 2.49. The Labute approximate surface area is 106 Å². The third kappa shape index (κ3) is 5.11. The summed E-state index contributed by atoms with van der Waals surface area (Å²) in [6, 6.07) is 4.35. The van der Waals surface area contributed by atoms with Gasteiger partial charge in [0.1, 0.15) is 5.82 Å². The summed E-state index contributed by atoms with van der Waals surface area (Å²) in [5, 5.41) is 17.8. The highest BCUT2D eigenvalue weighted by Crippen LogP contribution is 2.17. The molecule has 0 aliphatic rings. The van der Waals surface area contributed by atoms with Crippen molar-refractivity contribution in [1.82, 2.24) is 0 Å². The molecule has 0 aliphatic carbocycles. The maximum atomic E-state index is 13.6. The molecule has 0 fully saturated rings. The number of halogens is 1. The average Bonchev–Trinajstić information content (AvgIpc) is 2.25. The van der Waals surface area contributed by atoms with Crippen LogP contribution in [-0.2, 0) is 5.75 Å². The van der Waals surface area contributed by atoms with Crippen molar-refractivity contribution in [2.45, 2.75) is 26.0 Å². The first-order valence-corrected chi connectivity index (χ1v) is 6.88. The molecule has 0 aromatic heterocycles. The Hall–Kier alpha value is -0.515. The van der Waals surface area contributed by atoms with Crippen LogP contribution in [0, 0.1) is 11.7 Å². The Kier molecular flexibility index (Phi) is 6.02. The molecule has 1 aromatic carbocycles. The van der Waals surface area contributed by atoms with Gasteiger partial charge in [-0.1, -0.05) is 26.0 Å². The van der Waals surface area contributed by atoms with E-state index in [1.165, 1.54) is 6.07 Å². The third-order valence-electron chi connectivity index (χ3n) is 2.47. The summed E-state index contributed by atoms with van der Waals surface area (Å²) in [5.74, 6) is 1.94. The fraction of sp³-hybridized carbons (Fsp3) is 0.500. The molecule has 94 valence electrons. The number of thioether (sulfide) groups is 1. The molecular formula is C12H18BFO2S. The molecule has 2 N–H and O–H groups in total. The number of benzene rings is 1. The minimum absolute atomic E-state index is 0.193. The van der Waals surface area contributed by atoms with Crippen LogP contribution in [0.25, 0.3) is 0 Å². The Morgan fingerprint density at radius 3 is 2.59 bits per heavy atom. The summed E-state index contributed by atoms with van der Waals surface area (Å²) in [7, 11) is -1.60. The highest BCUT2D eigenvalue weighted by atomic mass is 32.2. The van der Waals surface area contributed by atoms with Gasteiger partial charge in [-0.15, -0.1) is 0 Å². The van der Waals surface area contributed by atoms with Crippen molar-refractivity contribution in [2.24, 2.45) is 5.92 Å². The normalized spacial score (nSPS) is 10.9. The van der Waals surface area contributed by atoms with E-state index in [0.29, 0.717) is 17.2 Å². The Morgan fingerprint density at radius 1 is 1.35 bits per heavy atom. The van der Waals surface area contributed by atoms with Crippen molar-refractivity contribution in [3.8, 4) is 0 Å². The van der Waals surface area contributed by atoms with E-state index < -0.39 is 7.12 Å². The average molecular weight is 256 g/mol. The van der Waals surface area contributed by atoms with E-state index in [-0.39, 0.29) is 11.3 Å². The van der Waals surface area contributed by atoms with Crippen LogP contribution in [0.2, 0.25) is 0 Å². The zero-order valence-corrected chi connectivity index (χ0v) is 11.0. The van der Waals surface area contributed by atoms with Gasteiger partial charge in [-0.05, 0) is 35.2 Å². The maximum absolute atomic E-state index is 13.6. The summed E-state index contributed by atoms with van der Waals surface area (Å²) in [4.78, 5) is 0. The lowest BCUT2D eigenvalue weighted by Crippen LogP contribution is -2.30. The molecule has 5 heteroatoms. The molecule has 2 nitrogen and oxygen atoms in total. The smallest absolute Gasteiger partial charge is 0.423 e. The van der Waals surface area contributed by atoms with Crippen molar-refractivity contribution in [3.63, 3.8) is 0 Å². The van der Waals surface area contributed by atoms with Crippen LogP contribution in [0.4, 0.5) is 4.39 Å². The zero-order valence-electron chi connectivity index (χ0n) is 10.2. The molecule has 0 heterocycles. The molecule has 1 aromatic rings. The first kappa shape index (κ1) is 14.5. The van der Waals surface area contributed by atoms with E-state index in [9.17, 15) is 4.39 Å². The molecule has 1 rings (SSSR count). The lowest BCUT2D eigenvalue weighted by Gasteiger charge is -2.07. The summed E-state index contributed by atoms with van der Waals surface area (Å²) < 4.78 is 13.6. The molecule has 0 bridgehead atoms. The van der Waals surface area contributed by atoms with Crippen LogP contribution in [0.1, 0.15) is 25.8 Å². The second-order valence-electron chi connectivity index (χ2n) is 4.46. The first-order valence-electron chi connectivity index (χ1n) is 5.73. The topological polar surface area (TPSA) is 40.5 Å². The van der Waals surface area contributed by atoms with E-state index in [1.54, 1.807) is 23.9 Å². The molecule has 17 heavy (non-hydrogen) atoms. The number of hydrogen-bond acceptors (Lipinski definition) is 3. The van der Waals surface area contributed by atoms with Crippen molar-refractivity contribution >= 4 is 24.3 Å². The van der Waals surface area contributed by atoms with Gasteiger partial charge in [0.2, 0.25) is 0 Å². The molecule has 0 saturated carbocycles. The van der Waals surface area contributed by atoms with E-state index >= 15 is 0 Å².